The van der Waals surface area contributed by atoms with Gasteiger partial charge in [-0.25, -0.2) is 10.4 Å². The Balaban J connectivity index is 1.44. The highest BCUT2D eigenvalue weighted by atomic mass is 16.5. The van der Waals surface area contributed by atoms with E-state index in [1.807, 2.05) is 61.5 Å². The zero-order valence-corrected chi connectivity index (χ0v) is 18.0. The van der Waals surface area contributed by atoms with Gasteiger partial charge in [-0.2, -0.15) is 5.10 Å². The first-order chi connectivity index (χ1) is 15.7. The van der Waals surface area contributed by atoms with Gasteiger partial charge in [0.05, 0.1) is 31.0 Å². The van der Waals surface area contributed by atoms with Crippen LogP contribution in [0, 0.1) is 0 Å². The molecule has 0 aliphatic heterocycles. The van der Waals surface area contributed by atoms with E-state index in [1.165, 1.54) is 0 Å². The number of aromatic nitrogens is 2. The maximum atomic E-state index is 12.5. The van der Waals surface area contributed by atoms with Gasteiger partial charge in [0.25, 0.3) is 5.91 Å². The monoisotopic (exact) mass is 428 g/mol. The van der Waals surface area contributed by atoms with Crippen molar-refractivity contribution in [2.45, 2.75) is 13.3 Å². The minimum Gasteiger partial charge on any atom is -0.497 e. The summed E-state index contributed by atoms with van der Waals surface area (Å²) in [6.45, 7) is 2.48. The van der Waals surface area contributed by atoms with Crippen molar-refractivity contribution < 1.29 is 14.3 Å². The first-order valence-electron chi connectivity index (χ1n) is 10.3. The molecule has 3 aromatic carbocycles. The molecule has 0 radical (unpaired) electrons. The molecule has 0 aliphatic carbocycles. The van der Waals surface area contributed by atoms with Crippen molar-refractivity contribution in [3.63, 3.8) is 0 Å². The van der Waals surface area contributed by atoms with Crippen molar-refractivity contribution >= 4 is 23.2 Å². The van der Waals surface area contributed by atoms with Crippen LogP contribution in [0.15, 0.2) is 71.8 Å². The van der Waals surface area contributed by atoms with Crippen LogP contribution in [0.2, 0.25) is 0 Å². The van der Waals surface area contributed by atoms with Crippen LogP contribution >= 0.6 is 0 Å². The highest BCUT2D eigenvalue weighted by Gasteiger charge is 2.09. The number of nitrogens with zero attached hydrogens (tertiary/aromatic N) is 2. The lowest BCUT2D eigenvalue weighted by Crippen LogP contribution is -2.17. The van der Waals surface area contributed by atoms with E-state index >= 15 is 0 Å². The molecule has 0 aliphatic rings. The number of hydrogen-bond donors (Lipinski definition) is 2. The molecule has 0 fully saturated rings. The molecule has 0 spiro atoms. The average molecular weight is 428 g/mol. The SMILES string of the molecule is CCOc1ccccc1/C=N\NC(=O)c1ccc2nc(Cc3ccc(OC)cc3)[nH]c2c1. The smallest absolute Gasteiger partial charge is 0.271 e. The number of aromatic amines is 1. The Labute approximate surface area is 186 Å². The Morgan fingerprint density at radius 2 is 1.94 bits per heavy atom. The van der Waals surface area contributed by atoms with Gasteiger partial charge in [0.15, 0.2) is 0 Å². The molecule has 4 rings (SSSR count). The van der Waals surface area contributed by atoms with Crippen LogP contribution in [0.4, 0.5) is 0 Å². The number of benzene rings is 3. The van der Waals surface area contributed by atoms with E-state index in [2.05, 4.69) is 20.5 Å². The molecule has 1 amide bonds. The normalized spacial score (nSPS) is 11.1. The summed E-state index contributed by atoms with van der Waals surface area (Å²) in [6, 6.07) is 20.7. The Morgan fingerprint density at radius 1 is 1.12 bits per heavy atom. The summed E-state index contributed by atoms with van der Waals surface area (Å²) in [5.74, 6) is 2.06. The minimum atomic E-state index is -0.302. The number of carbonyl (C=O) groups excluding carboxylic acids is 1. The number of rotatable bonds is 8. The molecule has 0 saturated heterocycles. The fourth-order valence-electron chi connectivity index (χ4n) is 3.32. The molecule has 1 heterocycles. The van der Waals surface area contributed by atoms with Crippen molar-refractivity contribution in [1.82, 2.24) is 15.4 Å². The number of imidazole rings is 1. The van der Waals surface area contributed by atoms with E-state index in [-0.39, 0.29) is 5.91 Å². The predicted octanol–water partition coefficient (Wildman–Crippen LogP) is 4.32. The van der Waals surface area contributed by atoms with Crippen LogP contribution in [0.5, 0.6) is 11.5 Å². The van der Waals surface area contributed by atoms with Crippen molar-refractivity contribution in [3.8, 4) is 11.5 Å². The summed E-state index contributed by atoms with van der Waals surface area (Å²) in [7, 11) is 1.65. The highest BCUT2D eigenvalue weighted by Crippen LogP contribution is 2.18. The molecule has 32 heavy (non-hydrogen) atoms. The van der Waals surface area contributed by atoms with Gasteiger partial charge in [0.1, 0.15) is 17.3 Å². The number of fused-ring (bicyclic) bond motifs is 1. The molecule has 7 nitrogen and oxygen atoms in total. The molecule has 0 saturated carbocycles. The zero-order valence-electron chi connectivity index (χ0n) is 18.0. The molecule has 4 aromatic rings. The second-order valence-electron chi connectivity index (χ2n) is 7.11. The standard InChI is InChI=1S/C25H24N4O3/c1-3-32-23-7-5-4-6-19(23)16-26-29-25(30)18-10-13-21-22(15-18)28-24(27-21)14-17-8-11-20(31-2)12-9-17/h4-13,15-16H,3,14H2,1-2H3,(H,27,28)(H,29,30)/b26-16-. The lowest BCUT2D eigenvalue weighted by molar-refractivity contribution is 0.0955. The number of hydrogen-bond acceptors (Lipinski definition) is 5. The topological polar surface area (TPSA) is 88.6 Å². The Hall–Kier alpha value is -4.13. The van der Waals surface area contributed by atoms with Crippen LogP contribution in [0.25, 0.3) is 11.0 Å². The number of para-hydroxylation sites is 1. The summed E-state index contributed by atoms with van der Waals surface area (Å²) in [6.07, 6.45) is 2.23. The third-order valence-electron chi connectivity index (χ3n) is 4.91. The number of nitrogens with one attached hydrogen (secondary N) is 2. The van der Waals surface area contributed by atoms with E-state index in [0.29, 0.717) is 18.6 Å². The second kappa shape index (κ2) is 9.78. The fourth-order valence-corrected chi connectivity index (χ4v) is 3.32. The first kappa shape index (κ1) is 21.1. The molecule has 162 valence electrons. The second-order valence-corrected chi connectivity index (χ2v) is 7.11. The summed E-state index contributed by atoms with van der Waals surface area (Å²) in [5, 5.41) is 4.08. The highest BCUT2D eigenvalue weighted by molar-refractivity contribution is 5.98. The molecule has 0 bridgehead atoms. The Bertz CT molecular complexity index is 1250. The predicted molar refractivity (Wildman–Crippen MR) is 125 cm³/mol. The van der Waals surface area contributed by atoms with Gasteiger partial charge >= 0.3 is 0 Å². The van der Waals surface area contributed by atoms with Gasteiger partial charge in [0.2, 0.25) is 0 Å². The third kappa shape index (κ3) is 4.95. The number of hydrazone groups is 1. The molecule has 2 N–H and O–H groups in total. The summed E-state index contributed by atoms with van der Waals surface area (Å²) < 4.78 is 10.8. The third-order valence-corrected chi connectivity index (χ3v) is 4.91. The van der Waals surface area contributed by atoms with Gasteiger partial charge in [0, 0.05) is 17.5 Å². The van der Waals surface area contributed by atoms with Gasteiger partial charge in [-0.3, -0.25) is 4.79 Å². The maximum absolute atomic E-state index is 12.5. The van der Waals surface area contributed by atoms with Crippen molar-refractivity contribution in [3.05, 3.63) is 89.2 Å². The van der Waals surface area contributed by atoms with E-state index in [0.717, 1.165) is 39.5 Å². The van der Waals surface area contributed by atoms with Crippen molar-refractivity contribution in [1.29, 1.82) is 0 Å². The van der Waals surface area contributed by atoms with Gasteiger partial charge in [-0.05, 0) is 55.0 Å². The Kier molecular flexibility index (Phi) is 6.46. The maximum Gasteiger partial charge on any atom is 0.271 e. The molecule has 7 heteroatoms. The number of methoxy groups -OCH3 is 1. The molecule has 0 unspecified atom stereocenters. The Morgan fingerprint density at radius 3 is 2.72 bits per heavy atom. The van der Waals surface area contributed by atoms with Crippen LogP contribution in [-0.4, -0.2) is 35.8 Å². The van der Waals surface area contributed by atoms with Crippen LogP contribution < -0.4 is 14.9 Å². The number of carbonyl (C=O) groups is 1. The lowest BCUT2D eigenvalue weighted by Gasteiger charge is -2.05. The zero-order chi connectivity index (χ0) is 22.3. The lowest BCUT2D eigenvalue weighted by atomic mass is 10.1. The molecule has 1 aromatic heterocycles. The van der Waals surface area contributed by atoms with Gasteiger partial charge in [-0.15, -0.1) is 0 Å². The molecular formula is C25H24N4O3. The fraction of sp³-hybridized carbons (Fsp3) is 0.160. The van der Waals surface area contributed by atoms with E-state index in [4.69, 9.17) is 9.47 Å². The summed E-state index contributed by atoms with van der Waals surface area (Å²) in [4.78, 5) is 20.5. The minimum absolute atomic E-state index is 0.302. The molecular weight excluding hydrogens is 404 g/mol. The summed E-state index contributed by atoms with van der Waals surface area (Å²) in [5.41, 5.74) is 6.57. The van der Waals surface area contributed by atoms with Crippen LogP contribution in [0.3, 0.4) is 0 Å². The van der Waals surface area contributed by atoms with Crippen LogP contribution in [0.1, 0.15) is 34.2 Å². The quantitative estimate of drug-likeness (QED) is 0.323. The number of ether oxygens (including phenoxy) is 2. The van der Waals surface area contributed by atoms with E-state index in [1.54, 1.807) is 25.5 Å². The number of H-pyrrole nitrogens is 1. The molecule has 0 atom stereocenters. The average Bonchev–Trinajstić information content (AvgIpc) is 3.22. The van der Waals surface area contributed by atoms with Crippen molar-refractivity contribution in [2.24, 2.45) is 5.10 Å². The van der Waals surface area contributed by atoms with E-state index in [9.17, 15) is 4.79 Å². The van der Waals surface area contributed by atoms with Crippen molar-refractivity contribution in [2.75, 3.05) is 13.7 Å². The van der Waals surface area contributed by atoms with Crippen LogP contribution in [-0.2, 0) is 6.42 Å². The number of amides is 1. The van der Waals surface area contributed by atoms with Gasteiger partial charge < -0.3 is 14.5 Å². The largest absolute Gasteiger partial charge is 0.497 e. The summed E-state index contributed by atoms with van der Waals surface area (Å²) >= 11 is 0. The van der Waals surface area contributed by atoms with E-state index < -0.39 is 0 Å². The first-order valence-corrected chi connectivity index (χ1v) is 10.3. The van der Waals surface area contributed by atoms with Gasteiger partial charge in [-0.1, -0.05) is 24.3 Å².